The van der Waals surface area contributed by atoms with Gasteiger partial charge in [-0.05, 0) is 13.8 Å². The van der Waals surface area contributed by atoms with Gasteiger partial charge in [-0.2, -0.15) is 0 Å². The molecule has 1 rings (SSSR count). The number of aliphatic carboxylic acids is 2. The molecule has 7 heteroatoms. The Morgan fingerprint density at radius 1 is 1.29 bits per heavy atom. The minimum absolute atomic E-state index is 0. The Morgan fingerprint density at radius 3 is 1.93 bits per heavy atom. The second-order valence-corrected chi connectivity index (χ2v) is 3.33. The number of hydrogen-bond donors (Lipinski definition) is 0. The summed E-state index contributed by atoms with van der Waals surface area (Å²) >= 11 is 0. The monoisotopic (exact) mass is 249 g/mol. The van der Waals surface area contributed by atoms with Crippen molar-refractivity contribution in [3.05, 3.63) is 0 Å². The van der Waals surface area contributed by atoms with Crippen molar-refractivity contribution in [2.45, 2.75) is 25.4 Å². The second kappa shape index (κ2) is 6.80. The van der Waals surface area contributed by atoms with Crippen molar-refractivity contribution in [3.8, 4) is 0 Å². The fraction of sp³-hybridized carbons (Fsp3) is 0.714. The van der Waals surface area contributed by atoms with Gasteiger partial charge in [0, 0.05) is 6.54 Å². The molecule has 2 unspecified atom stereocenters. The number of hydrogen-bond acceptors (Lipinski definition) is 5. The summed E-state index contributed by atoms with van der Waals surface area (Å²) in [5, 5.41) is 20.8. The Bertz CT molecular complexity index is 244. The Hall–Kier alpha value is 2.17. The molecule has 0 amide bonds. The summed E-state index contributed by atoms with van der Waals surface area (Å²) in [6.45, 7) is 3.04. The van der Waals surface area contributed by atoms with E-state index in [4.69, 9.17) is 0 Å². The van der Waals surface area contributed by atoms with Crippen LogP contribution in [-0.2, 0) is 9.59 Å². The summed E-state index contributed by atoms with van der Waals surface area (Å²) < 4.78 is 0. The van der Waals surface area contributed by atoms with Crippen LogP contribution in [0.1, 0.15) is 13.8 Å². The Morgan fingerprint density at radius 2 is 1.71 bits per heavy atom. The molecule has 0 aliphatic carbocycles. The van der Waals surface area contributed by atoms with Gasteiger partial charge in [0.1, 0.15) is 0 Å². The van der Waals surface area contributed by atoms with Gasteiger partial charge in [0.05, 0.1) is 23.5 Å². The van der Waals surface area contributed by atoms with Gasteiger partial charge in [0.15, 0.2) is 0 Å². The molecule has 68 valence electrons. The molecule has 1 heterocycles. The van der Waals surface area contributed by atoms with E-state index in [2.05, 4.69) is 0 Å². The molecule has 14 heavy (non-hydrogen) atoms. The fourth-order valence-electron chi connectivity index (χ4n) is 1.08. The number of carboxylic acid groups (broad SMARTS) is 2. The molecule has 1 saturated heterocycles. The largest absolute Gasteiger partial charge is 1.00 e. The first-order valence-corrected chi connectivity index (χ1v) is 3.56. The van der Waals surface area contributed by atoms with E-state index in [-0.39, 0.29) is 109 Å². The van der Waals surface area contributed by atoms with Gasteiger partial charge in [-0.25, -0.2) is 0 Å². The van der Waals surface area contributed by atoms with Gasteiger partial charge in [-0.3, -0.25) is 4.90 Å². The van der Waals surface area contributed by atoms with Crippen LogP contribution in [0.4, 0.5) is 0 Å². The molecule has 1 aliphatic heterocycles. The van der Waals surface area contributed by atoms with Crippen LogP contribution in [0.2, 0.25) is 0 Å². The van der Waals surface area contributed by atoms with E-state index < -0.39 is 23.5 Å². The fourth-order valence-corrected chi connectivity index (χ4v) is 1.08. The third kappa shape index (κ3) is 4.21. The van der Waals surface area contributed by atoms with Crippen LogP contribution in [0.3, 0.4) is 0 Å². The van der Waals surface area contributed by atoms with Gasteiger partial charge < -0.3 is 19.8 Å². The maximum absolute atomic E-state index is 10.5. The van der Waals surface area contributed by atoms with E-state index >= 15 is 0 Å². The van der Waals surface area contributed by atoms with Crippen LogP contribution in [0.15, 0.2) is 0 Å². The van der Waals surface area contributed by atoms with Crippen LogP contribution >= 0.6 is 0 Å². The Balaban J connectivity index is 0. The molecule has 0 aromatic rings. The van der Waals surface area contributed by atoms with E-state index in [1.807, 2.05) is 0 Å². The minimum atomic E-state index is -1.27. The van der Waals surface area contributed by atoms with Gasteiger partial charge in [0.25, 0.3) is 0 Å². The number of carbonyl (C=O) groups is 2. The molecule has 0 saturated carbocycles. The summed E-state index contributed by atoms with van der Waals surface area (Å²) in [5.41, 5.74) is -1.22. The quantitative estimate of drug-likeness (QED) is 0.366. The normalized spacial score (nSPS) is 24.1. The van der Waals surface area contributed by atoms with Gasteiger partial charge in [-0.15, -0.1) is 0 Å². The number of carbonyl (C=O) groups excluding carboxylic acids is 2. The van der Waals surface area contributed by atoms with Crippen molar-refractivity contribution in [2.75, 3.05) is 6.54 Å². The first-order valence-electron chi connectivity index (χ1n) is 3.56. The summed E-state index contributed by atoms with van der Waals surface area (Å²) in [5.74, 6) is -2.50. The Labute approximate surface area is 167 Å². The van der Waals surface area contributed by atoms with Crippen LogP contribution in [0.5, 0.6) is 0 Å². The third-order valence-electron chi connectivity index (χ3n) is 2.10. The molecule has 0 N–H and O–H groups in total. The Kier molecular flexibility index (Phi) is 9.00. The summed E-state index contributed by atoms with van der Waals surface area (Å²) in [7, 11) is 0. The average Bonchev–Trinajstić information content (AvgIpc) is 2.63. The zero-order valence-corrected chi connectivity index (χ0v) is 15.1. The number of rotatable bonds is 3. The smallest absolute Gasteiger partial charge is 0.548 e. The van der Waals surface area contributed by atoms with Crippen molar-refractivity contribution in [2.24, 2.45) is 0 Å². The SMILES string of the molecule is CC(C)(C(=O)[O-])N1CC1C(=O)[O-].[K+].[K+]. The van der Waals surface area contributed by atoms with Gasteiger partial charge in [0.2, 0.25) is 0 Å². The van der Waals surface area contributed by atoms with Crippen molar-refractivity contribution in [1.29, 1.82) is 0 Å². The topological polar surface area (TPSA) is 83.3 Å². The van der Waals surface area contributed by atoms with Crippen molar-refractivity contribution in [3.63, 3.8) is 0 Å². The van der Waals surface area contributed by atoms with E-state index in [0.717, 1.165) is 0 Å². The number of nitrogens with zero attached hydrogens (tertiary/aromatic N) is 1. The molecule has 0 bridgehead atoms. The zero-order chi connectivity index (χ0) is 9.52. The predicted octanol–water partition coefficient (Wildman–Crippen LogP) is -9.04. The first kappa shape index (κ1) is 18.5. The van der Waals surface area contributed by atoms with Crippen LogP contribution < -0.4 is 113 Å². The van der Waals surface area contributed by atoms with E-state index in [9.17, 15) is 19.8 Å². The maximum Gasteiger partial charge on any atom is 1.00 e. The third-order valence-corrected chi connectivity index (χ3v) is 2.10. The standard InChI is InChI=1S/C7H11NO4.2K/c1-7(2,6(11)12)8-3-4(8)5(9)10;;/h4H,3H2,1-2H3,(H,9,10)(H,11,12);;/q;2*+1/p-2. The predicted molar refractivity (Wildman–Crippen MR) is 34.6 cm³/mol. The summed E-state index contributed by atoms with van der Waals surface area (Å²) in [6, 6.07) is -0.766. The molecule has 5 nitrogen and oxygen atoms in total. The van der Waals surface area contributed by atoms with Crippen molar-refractivity contribution >= 4 is 11.9 Å². The first-order chi connectivity index (χ1) is 5.37. The molecule has 0 aromatic heterocycles. The maximum atomic E-state index is 10.5. The van der Waals surface area contributed by atoms with Crippen molar-refractivity contribution in [1.82, 2.24) is 4.90 Å². The molecule has 0 radical (unpaired) electrons. The molecular formula is C7H9K2NO4. The van der Waals surface area contributed by atoms with Crippen molar-refractivity contribution < 1.29 is 123 Å². The molecule has 0 aromatic carbocycles. The molecule has 1 fully saturated rings. The molecule has 1 aliphatic rings. The average molecular weight is 249 g/mol. The van der Waals surface area contributed by atoms with Crippen LogP contribution in [0.25, 0.3) is 0 Å². The van der Waals surface area contributed by atoms with E-state index in [1.54, 1.807) is 0 Å². The summed E-state index contributed by atoms with van der Waals surface area (Å²) in [4.78, 5) is 22.1. The van der Waals surface area contributed by atoms with Crippen LogP contribution in [0, 0.1) is 0 Å². The van der Waals surface area contributed by atoms with E-state index in [0.29, 0.717) is 0 Å². The second-order valence-electron chi connectivity index (χ2n) is 3.33. The molecule has 0 spiro atoms. The van der Waals surface area contributed by atoms with E-state index in [1.165, 1.54) is 18.7 Å². The number of carboxylic acids is 2. The summed E-state index contributed by atoms with van der Waals surface area (Å²) in [6.07, 6.45) is 0. The minimum Gasteiger partial charge on any atom is -0.548 e. The molecular weight excluding hydrogens is 240 g/mol. The van der Waals surface area contributed by atoms with Gasteiger partial charge in [-0.1, -0.05) is 0 Å². The zero-order valence-electron chi connectivity index (χ0n) is 8.86. The molecule has 2 atom stereocenters. The van der Waals surface area contributed by atoms with Gasteiger partial charge >= 0.3 is 103 Å². The van der Waals surface area contributed by atoms with Crippen LogP contribution in [-0.4, -0.2) is 35.0 Å².